The summed E-state index contributed by atoms with van der Waals surface area (Å²) in [6, 6.07) is -0.0860. The number of alkyl halides is 2. The summed E-state index contributed by atoms with van der Waals surface area (Å²) in [4.78, 5) is 41.5. The lowest BCUT2D eigenvalue weighted by atomic mass is 9.89. The van der Waals surface area contributed by atoms with Gasteiger partial charge < -0.3 is 19.4 Å². The van der Waals surface area contributed by atoms with Gasteiger partial charge >= 0.3 is 12.1 Å². The van der Waals surface area contributed by atoms with Crippen LogP contribution in [0.2, 0.25) is 23.3 Å². The number of hydrogen-bond acceptors (Lipinski definition) is 8. The van der Waals surface area contributed by atoms with Crippen molar-refractivity contribution >= 4 is 37.9 Å². The van der Waals surface area contributed by atoms with Crippen LogP contribution in [0.15, 0.2) is 12.3 Å². The van der Waals surface area contributed by atoms with Crippen molar-refractivity contribution in [1.82, 2.24) is 30.5 Å². The Kier molecular flexibility index (Phi) is 10.6. The zero-order valence-corrected chi connectivity index (χ0v) is 30.1. The Balaban J connectivity index is 1.74. The van der Waals surface area contributed by atoms with Crippen molar-refractivity contribution in [2.24, 2.45) is 0 Å². The molecule has 0 spiro atoms. The molecule has 0 saturated carbocycles. The third-order valence-electron chi connectivity index (χ3n) is 9.03. The molecule has 2 aromatic rings. The van der Waals surface area contributed by atoms with Crippen LogP contribution in [0.5, 0.6) is 0 Å². The molecule has 0 bridgehead atoms. The summed E-state index contributed by atoms with van der Waals surface area (Å²) in [5.41, 5.74) is -1.77. The summed E-state index contributed by atoms with van der Waals surface area (Å²) in [5, 5.41) is 7.72. The van der Waals surface area contributed by atoms with Crippen LogP contribution in [0.1, 0.15) is 83.5 Å². The van der Waals surface area contributed by atoms with Gasteiger partial charge in [0.15, 0.2) is 19.3 Å². The van der Waals surface area contributed by atoms with Gasteiger partial charge in [0.25, 0.3) is 5.92 Å². The first kappa shape index (κ1) is 36.8. The highest BCUT2D eigenvalue weighted by Gasteiger charge is 2.50. The fourth-order valence-electron chi connectivity index (χ4n) is 5.14. The van der Waals surface area contributed by atoms with Gasteiger partial charge in [0.05, 0.1) is 23.4 Å². The van der Waals surface area contributed by atoms with E-state index in [2.05, 4.69) is 30.9 Å². The molecular weight excluding hydrogens is 655 g/mol. The fraction of sp³-hybridized carbons (Fsp3) is 0.645. The largest absolute Gasteiger partial charge is 0.413 e. The standard InChI is InChI=1S/C31H45ClF3N7O4Si/c1-17(2)24-21(14-37-23(38-24)10-11-30(34,35)16-45-47(8,9)29(5,6)7)31(46-28(44)42-15-18(3)36-13-19(42)4)20-12-22(33)25(32)39-26(20)40-27(43)41-31/h12,14,17-19,36H,10-11,13,15-16H2,1-9H3,(H2,39,40,41,43). The van der Waals surface area contributed by atoms with Crippen molar-refractivity contribution in [3.63, 3.8) is 0 Å². The first-order valence-electron chi connectivity index (χ1n) is 15.7. The minimum absolute atomic E-state index is 0.0400. The van der Waals surface area contributed by atoms with Gasteiger partial charge in [0.2, 0.25) is 5.72 Å². The van der Waals surface area contributed by atoms with E-state index in [0.29, 0.717) is 18.8 Å². The van der Waals surface area contributed by atoms with E-state index in [1.165, 1.54) is 11.1 Å². The van der Waals surface area contributed by atoms with E-state index in [1.54, 1.807) is 13.8 Å². The molecular formula is C31H45ClF3N7O4Si. The summed E-state index contributed by atoms with van der Waals surface area (Å²) in [6.07, 6.45) is -0.197. The lowest BCUT2D eigenvalue weighted by molar-refractivity contribution is -0.0516. The molecule has 4 rings (SSSR count). The molecule has 0 aromatic carbocycles. The number of urea groups is 1. The van der Waals surface area contributed by atoms with Crippen LogP contribution < -0.4 is 16.0 Å². The predicted octanol–water partition coefficient (Wildman–Crippen LogP) is 6.53. The van der Waals surface area contributed by atoms with Crippen LogP contribution in [0.25, 0.3) is 0 Å². The molecule has 2 aliphatic heterocycles. The topological polar surface area (TPSA) is 131 Å². The zero-order valence-electron chi connectivity index (χ0n) is 28.4. The number of aryl methyl sites for hydroxylation is 1. The van der Waals surface area contributed by atoms with Gasteiger partial charge in [-0.1, -0.05) is 46.2 Å². The summed E-state index contributed by atoms with van der Waals surface area (Å²) < 4.78 is 57.0. The molecule has 3 amide bonds. The number of nitrogens with zero attached hydrogens (tertiary/aromatic N) is 4. The Hall–Kier alpha value is -3.01. The first-order valence-corrected chi connectivity index (χ1v) is 19.0. The van der Waals surface area contributed by atoms with Gasteiger partial charge in [-0.2, -0.15) is 0 Å². The van der Waals surface area contributed by atoms with Gasteiger partial charge in [-0.05, 0) is 44.0 Å². The summed E-state index contributed by atoms with van der Waals surface area (Å²) in [5.74, 6) is -4.43. The Morgan fingerprint density at radius 1 is 1.21 bits per heavy atom. The van der Waals surface area contributed by atoms with Crippen molar-refractivity contribution in [3.8, 4) is 0 Å². The fourth-order valence-corrected chi connectivity index (χ4v) is 6.29. The summed E-state index contributed by atoms with van der Waals surface area (Å²) in [7, 11) is -2.40. The number of nitrogens with one attached hydrogen (secondary N) is 3. The molecule has 3 atom stereocenters. The van der Waals surface area contributed by atoms with E-state index in [1.807, 2.05) is 47.7 Å². The van der Waals surface area contributed by atoms with Gasteiger partial charge in [0, 0.05) is 44.2 Å². The van der Waals surface area contributed by atoms with E-state index in [9.17, 15) is 9.59 Å². The predicted molar refractivity (Wildman–Crippen MR) is 175 cm³/mol. The lowest BCUT2D eigenvalue weighted by Crippen LogP contribution is -2.61. The minimum Gasteiger partial charge on any atom is -0.413 e. The number of anilines is 1. The van der Waals surface area contributed by atoms with Crippen molar-refractivity contribution < 1.29 is 31.9 Å². The number of rotatable bonds is 9. The molecule has 16 heteroatoms. The number of aromatic nitrogens is 3. The molecule has 0 aliphatic carbocycles. The number of hydrogen-bond donors (Lipinski definition) is 3. The van der Waals surface area contributed by atoms with E-state index < -0.39 is 56.1 Å². The second-order valence-electron chi connectivity index (χ2n) is 14.2. The average molecular weight is 700 g/mol. The molecule has 1 saturated heterocycles. The third kappa shape index (κ3) is 8.00. The molecule has 1 fully saturated rings. The Labute approximate surface area is 279 Å². The van der Waals surface area contributed by atoms with Crippen molar-refractivity contribution in [2.75, 3.05) is 25.0 Å². The second-order valence-corrected chi connectivity index (χ2v) is 19.4. The normalized spacial score (nSPS) is 22.1. The van der Waals surface area contributed by atoms with Gasteiger partial charge in [-0.15, -0.1) is 0 Å². The molecule has 2 aliphatic rings. The number of carbonyl (C=O) groups excluding carboxylic acids is 2. The highest BCUT2D eigenvalue weighted by Crippen LogP contribution is 2.42. The number of carbonyl (C=O) groups is 2. The molecule has 11 nitrogen and oxygen atoms in total. The quantitative estimate of drug-likeness (QED) is 0.199. The van der Waals surface area contributed by atoms with Crippen molar-refractivity contribution in [3.05, 3.63) is 45.9 Å². The maximum absolute atomic E-state index is 15.0. The number of pyridine rings is 1. The van der Waals surface area contributed by atoms with Crippen LogP contribution in [-0.2, 0) is 21.3 Å². The molecule has 47 heavy (non-hydrogen) atoms. The number of piperazine rings is 1. The van der Waals surface area contributed by atoms with Gasteiger partial charge in [-0.25, -0.2) is 37.7 Å². The third-order valence-corrected chi connectivity index (χ3v) is 13.8. The second kappa shape index (κ2) is 13.5. The van der Waals surface area contributed by atoms with Crippen LogP contribution in [0.4, 0.5) is 28.6 Å². The average Bonchev–Trinajstić information content (AvgIpc) is 2.96. The van der Waals surface area contributed by atoms with Crippen molar-refractivity contribution in [2.45, 2.75) is 109 Å². The zero-order chi connectivity index (χ0) is 35.1. The van der Waals surface area contributed by atoms with Crippen LogP contribution >= 0.6 is 11.6 Å². The highest BCUT2D eigenvalue weighted by molar-refractivity contribution is 6.74. The van der Waals surface area contributed by atoms with Crippen molar-refractivity contribution in [1.29, 1.82) is 0 Å². The van der Waals surface area contributed by atoms with E-state index in [-0.39, 0.29) is 52.2 Å². The molecule has 0 radical (unpaired) electrons. The van der Waals surface area contributed by atoms with E-state index in [4.69, 9.17) is 20.8 Å². The minimum atomic E-state index is -3.13. The smallest absolute Gasteiger partial charge is 0.412 e. The Morgan fingerprint density at radius 3 is 2.53 bits per heavy atom. The maximum Gasteiger partial charge on any atom is 0.412 e. The summed E-state index contributed by atoms with van der Waals surface area (Å²) in [6.45, 7) is 17.2. The van der Waals surface area contributed by atoms with Gasteiger partial charge in [0.1, 0.15) is 11.6 Å². The van der Waals surface area contributed by atoms with Gasteiger partial charge in [-0.3, -0.25) is 10.6 Å². The molecule has 4 heterocycles. The summed E-state index contributed by atoms with van der Waals surface area (Å²) >= 11 is 5.97. The molecule has 3 unspecified atom stereocenters. The molecule has 260 valence electrons. The number of halogens is 4. The van der Waals surface area contributed by atoms with Crippen LogP contribution in [-0.4, -0.2) is 78.0 Å². The molecule has 3 N–H and O–H groups in total. The van der Waals surface area contributed by atoms with Crippen LogP contribution in [0, 0.1) is 5.82 Å². The number of ether oxygens (including phenoxy) is 1. The monoisotopic (exact) mass is 699 g/mol. The van der Waals surface area contributed by atoms with E-state index in [0.717, 1.165) is 6.07 Å². The SMILES string of the molecule is CC1CN(C(=O)OC2(c3cnc(CCC(F)(F)CO[Si](C)(C)C(C)(C)C)nc3C(C)C)NC(=O)Nc3nc(Cl)c(F)cc32)C(C)CN1. The number of fused-ring (bicyclic) bond motifs is 1. The first-order chi connectivity index (χ1) is 21.7. The van der Waals surface area contributed by atoms with Crippen LogP contribution in [0.3, 0.4) is 0 Å². The highest BCUT2D eigenvalue weighted by atomic mass is 35.5. The lowest BCUT2D eigenvalue weighted by Gasteiger charge is -2.43. The van der Waals surface area contributed by atoms with E-state index >= 15 is 13.2 Å². The Morgan fingerprint density at radius 2 is 1.89 bits per heavy atom. The number of amides is 3. The maximum atomic E-state index is 15.0. The molecule has 2 aromatic heterocycles. The Bertz CT molecular complexity index is 1510.